The summed E-state index contributed by atoms with van der Waals surface area (Å²) in [5, 5.41) is 3.84. The molecule has 0 N–H and O–H groups in total. The molecule has 0 fully saturated rings. The van der Waals surface area contributed by atoms with Gasteiger partial charge >= 0.3 is 0 Å². The van der Waals surface area contributed by atoms with Crippen molar-refractivity contribution in [2.24, 2.45) is 0 Å². The van der Waals surface area contributed by atoms with Gasteiger partial charge in [-0.25, -0.2) is 0 Å². The minimum atomic E-state index is 0.410. The van der Waals surface area contributed by atoms with Crippen molar-refractivity contribution in [2.45, 2.75) is 13.0 Å². The maximum atomic E-state index is 5.81. The Bertz CT molecular complexity index is 285. The average Bonchev–Trinajstić information content (AvgIpc) is 2.68. The van der Waals surface area contributed by atoms with Gasteiger partial charge in [-0.15, -0.1) is 5.10 Å². The fraction of sp³-hybridized carbons (Fsp3) is 0.778. The summed E-state index contributed by atoms with van der Waals surface area (Å²) < 4.78 is 19.8. The quantitative estimate of drug-likeness (QED) is 0.638. The molecule has 0 saturated carbocycles. The standard InChI is InChI=1S/C9H15ClN2O3S/c1-13-5-6-14-3-2-4-15-7-8-9(10)16-12-11-8/h2-7H2,1H3. The van der Waals surface area contributed by atoms with E-state index in [1.807, 2.05) is 0 Å². The molecule has 0 radical (unpaired) electrons. The second-order valence-corrected chi connectivity index (χ2v) is 4.36. The molecule has 1 aromatic heterocycles. The molecule has 1 rings (SSSR count). The average molecular weight is 267 g/mol. The van der Waals surface area contributed by atoms with Crippen LogP contribution in [-0.4, -0.2) is 43.1 Å². The first-order valence-corrected chi connectivity index (χ1v) is 6.11. The summed E-state index contributed by atoms with van der Waals surface area (Å²) in [5.74, 6) is 0. The summed E-state index contributed by atoms with van der Waals surface area (Å²) in [6.07, 6.45) is 0.846. The number of nitrogens with zero attached hydrogens (tertiary/aromatic N) is 2. The first kappa shape index (κ1) is 13.8. The van der Waals surface area contributed by atoms with E-state index < -0.39 is 0 Å². The smallest absolute Gasteiger partial charge is 0.139 e. The molecule has 16 heavy (non-hydrogen) atoms. The predicted molar refractivity (Wildman–Crippen MR) is 61.9 cm³/mol. The van der Waals surface area contributed by atoms with Gasteiger partial charge in [0.15, 0.2) is 0 Å². The predicted octanol–water partition coefficient (Wildman–Crippen LogP) is 1.76. The topological polar surface area (TPSA) is 53.5 Å². The molecule has 0 bridgehead atoms. The van der Waals surface area contributed by atoms with Gasteiger partial charge < -0.3 is 14.2 Å². The van der Waals surface area contributed by atoms with Crippen molar-refractivity contribution in [2.75, 3.05) is 33.5 Å². The van der Waals surface area contributed by atoms with Gasteiger partial charge in [0.2, 0.25) is 0 Å². The second kappa shape index (κ2) is 8.83. The summed E-state index contributed by atoms with van der Waals surface area (Å²) in [4.78, 5) is 0. The van der Waals surface area contributed by atoms with E-state index in [9.17, 15) is 0 Å². The Morgan fingerprint density at radius 3 is 2.69 bits per heavy atom. The molecule has 0 aliphatic rings. The van der Waals surface area contributed by atoms with Crippen LogP contribution in [0.1, 0.15) is 12.1 Å². The van der Waals surface area contributed by atoms with Gasteiger partial charge in [0.05, 0.1) is 19.8 Å². The van der Waals surface area contributed by atoms with Gasteiger partial charge in [0.25, 0.3) is 0 Å². The fourth-order valence-corrected chi connectivity index (χ4v) is 1.56. The minimum Gasteiger partial charge on any atom is -0.382 e. The highest BCUT2D eigenvalue weighted by molar-refractivity contribution is 7.10. The highest BCUT2D eigenvalue weighted by Crippen LogP contribution is 2.17. The normalized spacial score (nSPS) is 10.9. The molecule has 0 aliphatic carbocycles. The van der Waals surface area contributed by atoms with E-state index >= 15 is 0 Å². The Hall–Kier alpha value is -0.270. The summed E-state index contributed by atoms with van der Waals surface area (Å²) in [6.45, 7) is 2.96. The molecule has 0 amide bonds. The molecule has 0 aromatic carbocycles. The van der Waals surface area contributed by atoms with E-state index in [4.69, 9.17) is 25.8 Å². The van der Waals surface area contributed by atoms with Crippen molar-refractivity contribution in [3.8, 4) is 0 Å². The molecule has 0 atom stereocenters. The van der Waals surface area contributed by atoms with Crippen molar-refractivity contribution in [1.29, 1.82) is 0 Å². The van der Waals surface area contributed by atoms with Crippen LogP contribution in [0.3, 0.4) is 0 Å². The van der Waals surface area contributed by atoms with Crippen molar-refractivity contribution in [3.63, 3.8) is 0 Å². The van der Waals surface area contributed by atoms with E-state index in [1.165, 1.54) is 11.5 Å². The Balaban J connectivity index is 1.91. The van der Waals surface area contributed by atoms with Crippen LogP contribution in [-0.2, 0) is 20.8 Å². The summed E-state index contributed by atoms with van der Waals surface area (Å²) in [7, 11) is 1.65. The summed E-state index contributed by atoms with van der Waals surface area (Å²) in [6, 6.07) is 0. The summed E-state index contributed by atoms with van der Waals surface area (Å²) in [5.41, 5.74) is 0.701. The van der Waals surface area contributed by atoms with Crippen LogP contribution in [0.15, 0.2) is 0 Å². The van der Waals surface area contributed by atoms with Gasteiger partial charge in [0.1, 0.15) is 10.0 Å². The third-order valence-corrected chi connectivity index (χ3v) is 2.74. The highest BCUT2D eigenvalue weighted by atomic mass is 35.5. The second-order valence-electron chi connectivity index (χ2n) is 3.00. The van der Waals surface area contributed by atoms with Crippen LogP contribution in [0.5, 0.6) is 0 Å². The zero-order valence-electron chi connectivity index (χ0n) is 9.15. The third-order valence-electron chi connectivity index (χ3n) is 1.76. The molecule has 1 aromatic rings. The number of ether oxygens (including phenoxy) is 3. The van der Waals surface area contributed by atoms with Crippen molar-refractivity contribution < 1.29 is 14.2 Å². The third kappa shape index (κ3) is 5.72. The monoisotopic (exact) mass is 266 g/mol. The molecular formula is C9H15ClN2O3S. The number of halogens is 1. The highest BCUT2D eigenvalue weighted by Gasteiger charge is 2.04. The Morgan fingerprint density at radius 1 is 1.19 bits per heavy atom. The number of hydrogen-bond acceptors (Lipinski definition) is 6. The lowest BCUT2D eigenvalue weighted by molar-refractivity contribution is 0.0478. The van der Waals surface area contributed by atoms with Crippen LogP contribution >= 0.6 is 23.1 Å². The molecule has 7 heteroatoms. The van der Waals surface area contributed by atoms with Gasteiger partial charge in [-0.2, -0.15) is 0 Å². The van der Waals surface area contributed by atoms with Gasteiger partial charge in [-0.1, -0.05) is 16.1 Å². The molecule has 0 spiro atoms. The number of hydrogen-bond donors (Lipinski definition) is 0. The molecule has 0 saturated heterocycles. The molecule has 0 unspecified atom stereocenters. The first-order valence-electron chi connectivity index (χ1n) is 4.95. The van der Waals surface area contributed by atoms with E-state index in [0.717, 1.165) is 6.42 Å². The summed E-state index contributed by atoms with van der Waals surface area (Å²) >= 11 is 6.98. The number of methoxy groups -OCH3 is 1. The number of aromatic nitrogens is 2. The Morgan fingerprint density at radius 2 is 2.00 bits per heavy atom. The fourth-order valence-electron chi connectivity index (χ4n) is 0.959. The van der Waals surface area contributed by atoms with Crippen molar-refractivity contribution in [1.82, 2.24) is 9.59 Å². The van der Waals surface area contributed by atoms with Crippen LogP contribution in [0.2, 0.25) is 4.34 Å². The number of rotatable bonds is 9. The van der Waals surface area contributed by atoms with Crippen LogP contribution in [0, 0.1) is 0 Å². The largest absolute Gasteiger partial charge is 0.382 e. The minimum absolute atomic E-state index is 0.410. The van der Waals surface area contributed by atoms with Gasteiger partial charge in [-0.3, -0.25) is 0 Å². The van der Waals surface area contributed by atoms with E-state index in [2.05, 4.69) is 9.59 Å². The Labute approximate surface area is 104 Å². The lowest BCUT2D eigenvalue weighted by Crippen LogP contribution is -2.05. The molecule has 0 aliphatic heterocycles. The van der Waals surface area contributed by atoms with Crippen LogP contribution in [0.4, 0.5) is 0 Å². The zero-order chi connectivity index (χ0) is 11.6. The van der Waals surface area contributed by atoms with E-state index in [0.29, 0.717) is 43.1 Å². The lowest BCUT2D eigenvalue weighted by atomic mass is 10.5. The lowest BCUT2D eigenvalue weighted by Gasteiger charge is -2.04. The Kier molecular flexibility index (Phi) is 7.62. The zero-order valence-corrected chi connectivity index (χ0v) is 10.7. The van der Waals surface area contributed by atoms with Crippen molar-refractivity contribution >= 4 is 23.1 Å². The molecule has 92 valence electrons. The molecule has 1 heterocycles. The van der Waals surface area contributed by atoms with Gasteiger partial charge in [-0.05, 0) is 6.42 Å². The van der Waals surface area contributed by atoms with Crippen LogP contribution < -0.4 is 0 Å². The maximum Gasteiger partial charge on any atom is 0.139 e. The van der Waals surface area contributed by atoms with Crippen LogP contribution in [0.25, 0.3) is 0 Å². The first-order chi connectivity index (χ1) is 7.84. The molecular weight excluding hydrogens is 252 g/mol. The van der Waals surface area contributed by atoms with Crippen molar-refractivity contribution in [3.05, 3.63) is 10.0 Å². The maximum absolute atomic E-state index is 5.81. The van der Waals surface area contributed by atoms with Gasteiger partial charge in [0, 0.05) is 31.9 Å². The van der Waals surface area contributed by atoms with E-state index in [1.54, 1.807) is 7.11 Å². The van der Waals surface area contributed by atoms with E-state index in [-0.39, 0.29) is 0 Å². The molecule has 5 nitrogen and oxygen atoms in total. The SMILES string of the molecule is COCCOCCCOCc1nnsc1Cl.